The molecule has 1 heterocycles. The number of morpholine rings is 1. The molecule has 5 nitrogen and oxygen atoms in total. The molecule has 2 aromatic rings. The summed E-state index contributed by atoms with van der Waals surface area (Å²) in [5.74, 6) is 0.0407. The number of fused-ring (bicyclic) bond motifs is 1. The first-order valence-electron chi connectivity index (χ1n) is 11.3. The molecule has 1 aliphatic carbocycles. The highest BCUT2D eigenvalue weighted by atomic mass is 16.5. The van der Waals surface area contributed by atoms with Gasteiger partial charge in [0, 0.05) is 30.0 Å². The van der Waals surface area contributed by atoms with Crippen molar-refractivity contribution in [2.75, 3.05) is 36.5 Å². The monoisotopic (exact) mass is 408 g/mol. The predicted molar refractivity (Wildman–Crippen MR) is 121 cm³/mol. The van der Waals surface area contributed by atoms with Gasteiger partial charge in [-0.2, -0.15) is 0 Å². The molecule has 0 radical (unpaired) electrons. The van der Waals surface area contributed by atoms with Crippen molar-refractivity contribution < 1.29 is 14.8 Å². The molecule has 1 saturated heterocycles. The van der Waals surface area contributed by atoms with E-state index in [0.29, 0.717) is 0 Å². The molecule has 0 unspecified atom stereocenters. The van der Waals surface area contributed by atoms with E-state index in [4.69, 9.17) is 4.74 Å². The predicted octanol–water partition coefficient (Wildman–Crippen LogP) is 3.05. The lowest BCUT2D eigenvalue weighted by atomic mass is 9.89. The number of aryl methyl sites for hydroxylation is 2. The van der Waals surface area contributed by atoms with Gasteiger partial charge in [-0.05, 0) is 81.0 Å². The topological polar surface area (TPSA) is 58.2 Å². The van der Waals surface area contributed by atoms with Crippen LogP contribution in [0.4, 0.5) is 11.4 Å². The Kier molecular flexibility index (Phi) is 6.70. The fraction of sp³-hybridized carbons (Fsp3) is 0.480. The van der Waals surface area contributed by atoms with E-state index in [2.05, 4.69) is 52.8 Å². The van der Waals surface area contributed by atoms with Crippen LogP contribution in [0.5, 0.6) is 0 Å². The average molecular weight is 409 g/mol. The lowest BCUT2D eigenvalue weighted by molar-refractivity contribution is -0.709. The SMILES string of the molecule is C[C@H]([NH2+][C@H](C)c1ccc2c(c1)CCCC2)C(=O)Nc1ccc(N2CCOCC2)cc1. The van der Waals surface area contributed by atoms with Crippen LogP contribution in [0.1, 0.15) is 49.4 Å². The number of hydrogen-bond acceptors (Lipinski definition) is 3. The summed E-state index contributed by atoms with van der Waals surface area (Å²) in [4.78, 5) is 15.0. The lowest BCUT2D eigenvalue weighted by Gasteiger charge is -2.29. The van der Waals surface area contributed by atoms with Gasteiger partial charge >= 0.3 is 0 Å². The maximum Gasteiger partial charge on any atom is 0.282 e. The fourth-order valence-corrected chi connectivity index (χ4v) is 4.50. The Morgan fingerprint density at radius 3 is 2.43 bits per heavy atom. The summed E-state index contributed by atoms with van der Waals surface area (Å²) in [6.07, 6.45) is 4.99. The largest absolute Gasteiger partial charge is 0.378 e. The minimum Gasteiger partial charge on any atom is -0.378 e. The molecule has 0 bridgehead atoms. The van der Waals surface area contributed by atoms with Crippen molar-refractivity contribution in [1.82, 2.24) is 0 Å². The molecule has 4 rings (SSSR count). The molecule has 2 aromatic carbocycles. The maximum atomic E-state index is 12.7. The van der Waals surface area contributed by atoms with Crippen molar-refractivity contribution >= 4 is 17.3 Å². The summed E-state index contributed by atoms with van der Waals surface area (Å²) < 4.78 is 5.41. The Morgan fingerprint density at radius 2 is 1.70 bits per heavy atom. The van der Waals surface area contributed by atoms with Crippen LogP contribution in [0.3, 0.4) is 0 Å². The second-order valence-electron chi connectivity index (χ2n) is 8.64. The fourth-order valence-electron chi connectivity index (χ4n) is 4.50. The summed E-state index contributed by atoms with van der Waals surface area (Å²) in [6.45, 7) is 7.54. The average Bonchev–Trinajstić information content (AvgIpc) is 2.79. The van der Waals surface area contributed by atoms with Crippen LogP contribution in [0.2, 0.25) is 0 Å². The number of nitrogens with two attached hydrogens (primary N) is 1. The van der Waals surface area contributed by atoms with E-state index >= 15 is 0 Å². The van der Waals surface area contributed by atoms with Crippen molar-refractivity contribution in [1.29, 1.82) is 0 Å². The van der Waals surface area contributed by atoms with Crippen LogP contribution in [-0.4, -0.2) is 38.3 Å². The third kappa shape index (κ3) is 5.02. The molecular weight excluding hydrogens is 374 g/mol. The van der Waals surface area contributed by atoms with Gasteiger partial charge in [-0.3, -0.25) is 4.79 Å². The quantitative estimate of drug-likeness (QED) is 0.772. The molecular formula is C25H34N3O2+. The Labute approximate surface area is 179 Å². The third-order valence-electron chi connectivity index (χ3n) is 6.40. The number of nitrogens with one attached hydrogen (secondary N) is 1. The number of carbonyl (C=O) groups is 1. The van der Waals surface area contributed by atoms with Crippen molar-refractivity contribution in [2.24, 2.45) is 0 Å². The van der Waals surface area contributed by atoms with E-state index in [1.165, 1.54) is 48.1 Å². The van der Waals surface area contributed by atoms with Crippen LogP contribution in [0.15, 0.2) is 42.5 Å². The number of ether oxygens (including phenoxy) is 1. The Hall–Kier alpha value is -2.37. The summed E-state index contributed by atoms with van der Waals surface area (Å²) in [5, 5.41) is 5.22. The molecule has 5 heteroatoms. The van der Waals surface area contributed by atoms with Crippen LogP contribution in [0.25, 0.3) is 0 Å². The van der Waals surface area contributed by atoms with Crippen LogP contribution >= 0.6 is 0 Å². The van der Waals surface area contributed by atoms with Gasteiger partial charge < -0.3 is 20.3 Å². The number of carbonyl (C=O) groups excluding carboxylic acids is 1. The highest BCUT2D eigenvalue weighted by Crippen LogP contribution is 2.24. The smallest absolute Gasteiger partial charge is 0.282 e. The molecule has 2 atom stereocenters. The number of nitrogens with zero attached hydrogens (tertiary/aromatic N) is 1. The van der Waals surface area contributed by atoms with E-state index in [-0.39, 0.29) is 18.0 Å². The number of amides is 1. The molecule has 1 fully saturated rings. The molecule has 1 amide bonds. The highest BCUT2D eigenvalue weighted by molar-refractivity contribution is 5.93. The molecule has 1 aliphatic heterocycles. The molecule has 3 N–H and O–H groups in total. The van der Waals surface area contributed by atoms with Crippen LogP contribution in [-0.2, 0) is 22.4 Å². The first-order valence-corrected chi connectivity index (χ1v) is 11.3. The van der Waals surface area contributed by atoms with Crippen LogP contribution in [0, 0.1) is 0 Å². The van der Waals surface area contributed by atoms with E-state index < -0.39 is 0 Å². The number of quaternary nitrogens is 1. The second kappa shape index (κ2) is 9.63. The zero-order valence-electron chi connectivity index (χ0n) is 18.2. The zero-order valence-corrected chi connectivity index (χ0v) is 18.2. The van der Waals surface area contributed by atoms with Crippen molar-refractivity contribution in [3.8, 4) is 0 Å². The Bertz CT molecular complexity index is 859. The van der Waals surface area contributed by atoms with E-state index in [0.717, 1.165) is 32.0 Å². The van der Waals surface area contributed by atoms with Gasteiger partial charge in [0.2, 0.25) is 0 Å². The van der Waals surface area contributed by atoms with Crippen LogP contribution < -0.4 is 15.5 Å². The van der Waals surface area contributed by atoms with E-state index in [9.17, 15) is 4.79 Å². The van der Waals surface area contributed by atoms with Crippen molar-refractivity contribution in [2.45, 2.75) is 51.6 Å². The normalized spacial score (nSPS) is 18.4. The summed E-state index contributed by atoms with van der Waals surface area (Å²) in [6, 6.07) is 15.1. The molecule has 2 aliphatic rings. The first-order chi connectivity index (χ1) is 14.6. The molecule has 30 heavy (non-hydrogen) atoms. The number of anilines is 2. The molecule has 160 valence electrons. The third-order valence-corrected chi connectivity index (χ3v) is 6.40. The van der Waals surface area contributed by atoms with Gasteiger partial charge in [0.25, 0.3) is 5.91 Å². The maximum absolute atomic E-state index is 12.7. The summed E-state index contributed by atoms with van der Waals surface area (Å²) in [5.41, 5.74) is 6.33. The minimum absolute atomic E-state index is 0.0407. The van der Waals surface area contributed by atoms with Gasteiger partial charge in [-0.25, -0.2) is 0 Å². The molecule has 0 spiro atoms. The van der Waals surface area contributed by atoms with E-state index in [1.807, 2.05) is 19.1 Å². The lowest BCUT2D eigenvalue weighted by Crippen LogP contribution is -2.91. The molecule has 0 saturated carbocycles. The first kappa shape index (κ1) is 20.9. The van der Waals surface area contributed by atoms with Crippen molar-refractivity contribution in [3.63, 3.8) is 0 Å². The van der Waals surface area contributed by atoms with E-state index in [1.54, 1.807) is 0 Å². The van der Waals surface area contributed by atoms with Gasteiger partial charge in [-0.15, -0.1) is 0 Å². The second-order valence-corrected chi connectivity index (χ2v) is 8.64. The van der Waals surface area contributed by atoms with Crippen molar-refractivity contribution in [3.05, 3.63) is 59.2 Å². The van der Waals surface area contributed by atoms with Gasteiger partial charge in [0.1, 0.15) is 6.04 Å². The minimum atomic E-state index is -0.157. The number of rotatable bonds is 6. The number of benzene rings is 2. The Morgan fingerprint density at radius 1 is 1.00 bits per heavy atom. The highest BCUT2D eigenvalue weighted by Gasteiger charge is 2.21. The Balaban J connectivity index is 1.32. The van der Waals surface area contributed by atoms with Gasteiger partial charge in [0.15, 0.2) is 6.04 Å². The number of hydrogen-bond donors (Lipinski definition) is 2. The summed E-state index contributed by atoms with van der Waals surface area (Å²) in [7, 11) is 0. The standard InChI is InChI=1S/C25H33N3O2/c1-18(21-8-7-20-5-3-4-6-22(20)17-21)26-19(2)25(29)27-23-9-11-24(12-10-23)28-13-15-30-16-14-28/h7-12,17-19,26H,3-6,13-16H2,1-2H3,(H,27,29)/p+1/t18-,19+/m1/s1. The van der Waals surface area contributed by atoms with Gasteiger partial charge in [-0.1, -0.05) is 12.1 Å². The summed E-state index contributed by atoms with van der Waals surface area (Å²) >= 11 is 0. The molecule has 0 aromatic heterocycles. The van der Waals surface area contributed by atoms with Gasteiger partial charge in [0.05, 0.1) is 13.2 Å². The zero-order chi connectivity index (χ0) is 20.9.